The molecule has 1 saturated heterocycles. The second kappa shape index (κ2) is 7.44. The summed E-state index contributed by atoms with van der Waals surface area (Å²) in [5.41, 5.74) is 0.969. The van der Waals surface area contributed by atoms with Crippen molar-refractivity contribution in [2.75, 3.05) is 18.0 Å². The minimum atomic E-state index is -0.585. The van der Waals surface area contributed by atoms with Crippen molar-refractivity contribution in [3.63, 3.8) is 0 Å². The fourth-order valence-corrected chi connectivity index (χ4v) is 3.40. The molecular formula is C21H24F2N2O. The SMILES string of the molecule is CC(C)(Cc1ccccc1)C(=O)NC1CCN(c2ccc(F)cc2F)C1. The molecule has 1 aliphatic rings. The minimum absolute atomic E-state index is 0.00668. The molecule has 0 radical (unpaired) electrons. The number of hydrogen-bond donors (Lipinski definition) is 1. The summed E-state index contributed by atoms with van der Waals surface area (Å²) in [7, 11) is 0. The van der Waals surface area contributed by atoms with Gasteiger partial charge in [0.25, 0.3) is 0 Å². The number of anilines is 1. The molecular weight excluding hydrogens is 334 g/mol. The van der Waals surface area contributed by atoms with E-state index >= 15 is 0 Å². The van der Waals surface area contributed by atoms with Crippen LogP contribution in [-0.2, 0) is 11.2 Å². The van der Waals surface area contributed by atoms with Gasteiger partial charge in [0.05, 0.1) is 5.69 Å². The zero-order chi connectivity index (χ0) is 18.7. The van der Waals surface area contributed by atoms with Gasteiger partial charge in [-0.05, 0) is 30.5 Å². The third-order valence-corrected chi connectivity index (χ3v) is 4.88. The van der Waals surface area contributed by atoms with Gasteiger partial charge in [0.15, 0.2) is 0 Å². The average molecular weight is 358 g/mol. The number of hydrogen-bond acceptors (Lipinski definition) is 2. The summed E-state index contributed by atoms with van der Waals surface area (Å²) < 4.78 is 27.0. The highest BCUT2D eigenvalue weighted by Crippen LogP contribution is 2.26. The molecule has 1 N–H and O–H groups in total. The van der Waals surface area contributed by atoms with Crippen molar-refractivity contribution in [2.24, 2.45) is 5.41 Å². The van der Waals surface area contributed by atoms with Crippen LogP contribution in [0, 0.1) is 17.0 Å². The van der Waals surface area contributed by atoms with Gasteiger partial charge in [-0.2, -0.15) is 0 Å². The summed E-state index contributed by atoms with van der Waals surface area (Å²) in [4.78, 5) is 14.6. The predicted octanol–water partition coefficient (Wildman–Crippen LogP) is 3.93. The van der Waals surface area contributed by atoms with Crippen molar-refractivity contribution in [1.29, 1.82) is 0 Å². The highest BCUT2D eigenvalue weighted by Gasteiger charge is 2.32. The summed E-state index contributed by atoms with van der Waals surface area (Å²) in [5.74, 6) is -1.16. The van der Waals surface area contributed by atoms with E-state index in [9.17, 15) is 13.6 Å². The molecule has 0 aliphatic carbocycles. The van der Waals surface area contributed by atoms with E-state index in [4.69, 9.17) is 0 Å². The molecule has 26 heavy (non-hydrogen) atoms. The van der Waals surface area contributed by atoms with Crippen molar-refractivity contribution in [3.05, 3.63) is 65.7 Å². The lowest BCUT2D eigenvalue weighted by molar-refractivity contribution is -0.129. The Morgan fingerprint density at radius 3 is 2.62 bits per heavy atom. The smallest absolute Gasteiger partial charge is 0.226 e. The molecule has 138 valence electrons. The number of carbonyl (C=O) groups excluding carboxylic acids is 1. The first-order chi connectivity index (χ1) is 12.3. The quantitative estimate of drug-likeness (QED) is 0.878. The van der Waals surface area contributed by atoms with Crippen LogP contribution in [0.4, 0.5) is 14.5 Å². The number of nitrogens with one attached hydrogen (secondary N) is 1. The number of rotatable bonds is 5. The van der Waals surface area contributed by atoms with Gasteiger partial charge < -0.3 is 10.2 Å². The van der Waals surface area contributed by atoms with Gasteiger partial charge in [-0.15, -0.1) is 0 Å². The topological polar surface area (TPSA) is 32.3 Å². The van der Waals surface area contributed by atoms with Crippen LogP contribution in [-0.4, -0.2) is 25.0 Å². The number of halogens is 2. The van der Waals surface area contributed by atoms with Gasteiger partial charge in [0, 0.05) is 30.6 Å². The molecule has 1 fully saturated rings. The summed E-state index contributed by atoms with van der Waals surface area (Å²) >= 11 is 0. The molecule has 1 heterocycles. The van der Waals surface area contributed by atoms with Crippen LogP contribution in [0.3, 0.4) is 0 Å². The van der Waals surface area contributed by atoms with Gasteiger partial charge in [-0.1, -0.05) is 44.2 Å². The molecule has 0 saturated carbocycles. The fraction of sp³-hybridized carbons (Fsp3) is 0.381. The van der Waals surface area contributed by atoms with E-state index in [0.717, 1.165) is 18.1 Å². The van der Waals surface area contributed by atoms with Crippen molar-refractivity contribution in [3.8, 4) is 0 Å². The first-order valence-corrected chi connectivity index (χ1v) is 8.90. The lowest BCUT2D eigenvalue weighted by Gasteiger charge is -2.26. The summed E-state index contributed by atoms with van der Waals surface area (Å²) in [6.07, 6.45) is 1.40. The first-order valence-electron chi connectivity index (χ1n) is 8.90. The largest absolute Gasteiger partial charge is 0.367 e. The Labute approximate surface area is 153 Å². The lowest BCUT2D eigenvalue weighted by atomic mass is 9.84. The summed E-state index contributed by atoms with van der Waals surface area (Å²) in [5, 5.41) is 3.09. The molecule has 3 nitrogen and oxygen atoms in total. The van der Waals surface area contributed by atoms with Crippen molar-refractivity contribution in [2.45, 2.75) is 32.7 Å². The van der Waals surface area contributed by atoms with E-state index in [-0.39, 0.29) is 11.9 Å². The van der Waals surface area contributed by atoms with Crippen LogP contribution < -0.4 is 10.2 Å². The lowest BCUT2D eigenvalue weighted by Crippen LogP contribution is -2.45. The highest BCUT2D eigenvalue weighted by molar-refractivity contribution is 5.82. The number of benzene rings is 2. The number of carbonyl (C=O) groups is 1. The van der Waals surface area contributed by atoms with Gasteiger partial charge in [-0.25, -0.2) is 8.78 Å². The van der Waals surface area contributed by atoms with Crippen LogP contribution in [0.15, 0.2) is 48.5 Å². The van der Waals surface area contributed by atoms with Gasteiger partial charge >= 0.3 is 0 Å². The van der Waals surface area contributed by atoms with E-state index in [1.165, 1.54) is 12.1 Å². The molecule has 1 unspecified atom stereocenters. The Kier molecular flexibility index (Phi) is 5.25. The molecule has 2 aromatic carbocycles. The van der Waals surface area contributed by atoms with Crippen LogP contribution in [0.5, 0.6) is 0 Å². The van der Waals surface area contributed by atoms with E-state index in [0.29, 0.717) is 25.2 Å². The predicted molar refractivity (Wildman–Crippen MR) is 99.0 cm³/mol. The summed E-state index contributed by atoms with van der Waals surface area (Å²) in [6, 6.07) is 13.5. The third-order valence-electron chi connectivity index (χ3n) is 4.88. The maximum Gasteiger partial charge on any atom is 0.226 e. The zero-order valence-electron chi connectivity index (χ0n) is 15.1. The second-order valence-electron chi connectivity index (χ2n) is 7.55. The van der Waals surface area contributed by atoms with E-state index in [1.807, 2.05) is 49.1 Å². The molecule has 2 aromatic rings. The normalized spacial score (nSPS) is 17.4. The third kappa shape index (κ3) is 4.21. The van der Waals surface area contributed by atoms with Gasteiger partial charge in [0.1, 0.15) is 11.6 Å². The Morgan fingerprint density at radius 1 is 1.19 bits per heavy atom. The highest BCUT2D eigenvalue weighted by atomic mass is 19.1. The average Bonchev–Trinajstić information content (AvgIpc) is 3.03. The maximum absolute atomic E-state index is 14.0. The standard InChI is InChI=1S/C21H24F2N2O/c1-21(2,13-15-6-4-3-5-7-15)20(26)24-17-10-11-25(14-17)19-9-8-16(22)12-18(19)23/h3-9,12,17H,10-11,13-14H2,1-2H3,(H,24,26). The zero-order valence-corrected chi connectivity index (χ0v) is 15.1. The minimum Gasteiger partial charge on any atom is -0.367 e. The van der Waals surface area contributed by atoms with Crippen LogP contribution in [0.2, 0.25) is 0 Å². The van der Waals surface area contributed by atoms with E-state index < -0.39 is 17.0 Å². The Bertz CT molecular complexity index is 777. The first kappa shape index (κ1) is 18.4. The maximum atomic E-state index is 14.0. The fourth-order valence-electron chi connectivity index (χ4n) is 3.40. The van der Waals surface area contributed by atoms with Crippen molar-refractivity contribution in [1.82, 2.24) is 5.32 Å². The number of nitrogens with zero attached hydrogens (tertiary/aromatic N) is 1. The molecule has 3 rings (SSSR count). The molecule has 1 amide bonds. The molecule has 0 spiro atoms. The molecule has 1 atom stereocenters. The molecule has 0 aromatic heterocycles. The Hall–Kier alpha value is -2.43. The molecule has 0 bridgehead atoms. The van der Waals surface area contributed by atoms with Crippen molar-refractivity contribution < 1.29 is 13.6 Å². The van der Waals surface area contributed by atoms with Gasteiger partial charge in [-0.3, -0.25) is 4.79 Å². The summed E-state index contributed by atoms with van der Waals surface area (Å²) in [6.45, 7) is 5.02. The van der Waals surface area contributed by atoms with Crippen LogP contribution in [0.1, 0.15) is 25.8 Å². The van der Waals surface area contributed by atoms with Crippen LogP contribution >= 0.6 is 0 Å². The Balaban J connectivity index is 1.60. The van der Waals surface area contributed by atoms with E-state index in [2.05, 4.69) is 5.32 Å². The monoisotopic (exact) mass is 358 g/mol. The van der Waals surface area contributed by atoms with Gasteiger partial charge in [0.2, 0.25) is 5.91 Å². The van der Waals surface area contributed by atoms with Crippen molar-refractivity contribution >= 4 is 11.6 Å². The molecule has 5 heteroatoms. The molecule has 1 aliphatic heterocycles. The van der Waals surface area contributed by atoms with Crippen LogP contribution in [0.25, 0.3) is 0 Å². The van der Waals surface area contributed by atoms with E-state index in [1.54, 1.807) is 0 Å². The number of amides is 1. The second-order valence-corrected chi connectivity index (χ2v) is 7.55. The Morgan fingerprint density at radius 2 is 1.92 bits per heavy atom.